The zero-order valence-corrected chi connectivity index (χ0v) is 9.50. The van der Waals surface area contributed by atoms with Crippen molar-refractivity contribution >= 4 is 0 Å². The van der Waals surface area contributed by atoms with Crippen LogP contribution in [0.1, 0.15) is 26.7 Å². The van der Waals surface area contributed by atoms with Gasteiger partial charge in [-0.2, -0.15) is 0 Å². The third-order valence-corrected chi connectivity index (χ3v) is 2.82. The molecule has 1 aliphatic heterocycles. The summed E-state index contributed by atoms with van der Waals surface area (Å²) in [6, 6.07) is 0.483. The number of hydrogen-bond acceptors (Lipinski definition) is 3. The highest BCUT2D eigenvalue weighted by Gasteiger charge is 2.19. The first-order chi connectivity index (χ1) is 6.76. The fraction of sp³-hybridized carbons (Fsp3) is 1.00. The number of nitrogens with one attached hydrogen (secondary N) is 1. The maximum Gasteiger partial charge on any atom is 0.0446 e. The van der Waals surface area contributed by atoms with Crippen molar-refractivity contribution in [2.24, 2.45) is 5.92 Å². The molecule has 0 aromatic carbocycles. The van der Waals surface area contributed by atoms with Gasteiger partial charge in [0.05, 0.1) is 0 Å². The molecule has 14 heavy (non-hydrogen) atoms. The number of hydrogen-bond donors (Lipinski definition) is 2. The largest absolute Gasteiger partial charge is 0.396 e. The first kappa shape index (κ1) is 12.0. The maximum atomic E-state index is 8.93. The molecule has 3 heteroatoms. The lowest BCUT2D eigenvalue weighted by Crippen LogP contribution is -2.38. The molecule has 1 fully saturated rings. The molecule has 2 N–H and O–H groups in total. The topological polar surface area (TPSA) is 35.5 Å². The predicted molar refractivity (Wildman–Crippen MR) is 59.4 cm³/mol. The monoisotopic (exact) mass is 200 g/mol. The minimum atomic E-state index is 0.298. The van der Waals surface area contributed by atoms with Crippen molar-refractivity contribution in [2.45, 2.75) is 32.7 Å². The number of rotatable bonds is 4. The zero-order valence-electron chi connectivity index (χ0n) is 9.50. The van der Waals surface area contributed by atoms with Crippen LogP contribution in [0.3, 0.4) is 0 Å². The van der Waals surface area contributed by atoms with Crippen molar-refractivity contribution in [2.75, 3.05) is 32.8 Å². The molecule has 0 amide bonds. The Morgan fingerprint density at radius 3 is 2.86 bits per heavy atom. The molecule has 2 atom stereocenters. The summed E-state index contributed by atoms with van der Waals surface area (Å²) >= 11 is 0. The summed E-state index contributed by atoms with van der Waals surface area (Å²) < 4.78 is 0. The second-order valence-electron chi connectivity index (χ2n) is 4.48. The molecule has 0 radical (unpaired) electrons. The smallest absolute Gasteiger partial charge is 0.0446 e. The Kier molecular flexibility index (Phi) is 5.45. The van der Waals surface area contributed by atoms with E-state index in [1.54, 1.807) is 0 Å². The molecule has 0 bridgehead atoms. The second-order valence-corrected chi connectivity index (χ2v) is 4.48. The van der Waals surface area contributed by atoms with E-state index in [9.17, 15) is 0 Å². The normalized spacial score (nSPS) is 30.2. The zero-order chi connectivity index (χ0) is 10.4. The van der Waals surface area contributed by atoms with Gasteiger partial charge in [-0.05, 0) is 31.8 Å². The van der Waals surface area contributed by atoms with E-state index in [0.29, 0.717) is 12.6 Å². The van der Waals surface area contributed by atoms with Crippen LogP contribution >= 0.6 is 0 Å². The molecule has 0 spiro atoms. The van der Waals surface area contributed by atoms with Gasteiger partial charge in [0.25, 0.3) is 0 Å². The molecule has 1 saturated heterocycles. The third kappa shape index (κ3) is 3.95. The van der Waals surface area contributed by atoms with E-state index in [1.807, 2.05) is 0 Å². The lowest BCUT2D eigenvalue weighted by molar-refractivity contribution is 0.221. The van der Waals surface area contributed by atoms with Crippen LogP contribution in [-0.2, 0) is 0 Å². The van der Waals surface area contributed by atoms with E-state index in [1.165, 1.54) is 19.5 Å². The van der Waals surface area contributed by atoms with Crippen LogP contribution in [0.2, 0.25) is 0 Å². The van der Waals surface area contributed by atoms with Crippen molar-refractivity contribution in [3.8, 4) is 0 Å². The fourth-order valence-corrected chi connectivity index (χ4v) is 2.17. The van der Waals surface area contributed by atoms with Crippen LogP contribution in [0.4, 0.5) is 0 Å². The lowest BCUT2D eigenvalue weighted by Gasteiger charge is -2.24. The molecule has 1 rings (SSSR count). The van der Waals surface area contributed by atoms with Crippen LogP contribution in [0.15, 0.2) is 0 Å². The van der Waals surface area contributed by atoms with E-state index in [4.69, 9.17) is 5.11 Å². The van der Waals surface area contributed by atoms with Gasteiger partial charge in [-0.3, -0.25) is 0 Å². The summed E-state index contributed by atoms with van der Waals surface area (Å²) in [4.78, 5) is 2.52. The summed E-state index contributed by atoms with van der Waals surface area (Å²) in [6.07, 6.45) is 2.10. The van der Waals surface area contributed by atoms with Crippen LogP contribution in [0, 0.1) is 5.92 Å². The highest BCUT2D eigenvalue weighted by atomic mass is 16.3. The van der Waals surface area contributed by atoms with Crippen LogP contribution < -0.4 is 5.32 Å². The maximum absolute atomic E-state index is 8.93. The van der Waals surface area contributed by atoms with Crippen LogP contribution in [0.5, 0.6) is 0 Å². The summed E-state index contributed by atoms with van der Waals surface area (Å²) in [5, 5.41) is 12.5. The van der Waals surface area contributed by atoms with E-state index < -0.39 is 0 Å². The minimum absolute atomic E-state index is 0.298. The van der Waals surface area contributed by atoms with Crippen molar-refractivity contribution in [3.05, 3.63) is 0 Å². The Morgan fingerprint density at radius 1 is 1.43 bits per heavy atom. The predicted octanol–water partition coefficient (Wildman–Crippen LogP) is 0.689. The van der Waals surface area contributed by atoms with Crippen LogP contribution in [0.25, 0.3) is 0 Å². The van der Waals surface area contributed by atoms with Gasteiger partial charge in [0.1, 0.15) is 0 Å². The summed E-state index contributed by atoms with van der Waals surface area (Å²) in [7, 11) is 0. The lowest BCUT2D eigenvalue weighted by atomic mass is 10.2. The minimum Gasteiger partial charge on any atom is -0.396 e. The highest BCUT2D eigenvalue weighted by molar-refractivity contribution is 4.78. The fourth-order valence-electron chi connectivity index (χ4n) is 2.17. The average Bonchev–Trinajstić information content (AvgIpc) is 2.30. The van der Waals surface area contributed by atoms with Gasteiger partial charge in [-0.1, -0.05) is 13.8 Å². The van der Waals surface area contributed by atoms with Crippen molar-refractivity contribution < 1.29 is 5.11 Å². The number of nitrogens with zero attached hydrogens (tertiary/aromatic N) is 1. The Bertz CT molecular complexity index is 152. The first-order valence-corrected chi connectivity index (χ1v) is 5.82. The van der Waals surface area contributed by atoms with Gasteiger partial charge in [0.15, 0.2) is 0 Å². The molecule has 1 aliphatic rings. The molecule has 84 valence electrons. The molecule has 0 aromatic heterocycles. The third-order valence-electron chi connectivity index (χ3n) is 2.82. The van der Waals surface area contributed by atoms with Gasteiger partial charge in [-0.25, -0.2) is 0 Å². The Morgan fingerprint density at radius 2 is 2.21 bits per heavy atom. The van der Waals surface area contributed by atoms with Gasteiger partial charge in [-0.15, -0.1) is 0 Å². The summed E-state index contributed by atoms with van der Waals surface area (Å²) in [5.74, 6) is 0.727. The molecule has 0 aliphatic carbocycles. The first-order valence-electron chi connectivity index (χ1n) is 5.82. The average molecular weight is 200 g/mol. The number of aliphatic hydroxyl groups is 1. The standard InChI is InChI=1S/C11H24N2O/c1-3-5-13-8-10(2)7-12-11(9-13)4-6-14/h10-12,14H,3-9H2,1-2H3. The van der Waals surface area contributed by atoms with E-state index in [-0.39, 0.29) is 0 Å². The van der Waals surface area contributed by atoms with Gasteiger partial charge in [0.2, 0.25) is 0 Å². The SMILES string of the molecule is CCCN1CC(C)CNC(CCO)C1. The van der Waals surface area contributed by atoms with Gasteiger partial charge < -0.3 is 15.3 Å². The molecular formula is C11H24N2O. The van der Waals surface area contributed by atoms with Gasteiger partial charge >= 0.3 is 0 Å². The van der Waals surface area contributed by atoms with E-state index in [0.717, 1.165) is 25.4 Å². The van der Waals surface area contributed by atoms with E-state index >= 15 is 0 Å². The Hall–Kier alpha value is -0.120. The van der Waals surface area contributed by atoms with Gasteiger partial charge in [0, 0.05) is 25.7 Å². The molecule has 2 unspecified atom stereocenters. The van der Waals surface area contributed by atoms with Crippen molar-refractivity contribution in [3.63, 3.8) is 0 Å². The van der Waals surface area contributed by atoms with Crippen molar-refractivity contribution in [1.29, 1.82) is 0 Å². The molecule has 0 saturated carbocycles. The molecule has 1 heterocycles. The quantitative estimate of drug-likeness (QED) is 0.701. The summed E-state index contributed by atoms with van der Waals surface area (Å²) in [6.45, 7) is 9.38. The van der Waals surface area contributed by atoms with Crippen molar-refractivity contribution in [1.82, 2.24) is 10.2 Å². The Balaban J connectivity index is 2.41. The van der Waals surface area contributed by atoms with Crippen LogP contribution in [-0.4, -0.2) is 48.8 Å². The molecule has 3 nitrogen and oxygen atoms in total. The summed E-state index contributed by atoms with van der Waals surface area (Å²) in [5.41, 5.74) is 0. The highest BCUT2D eigenvalue weighted by Crippen LogP contribution is 2.08. The molecular weight excluding hydrogens is 176 g/mol. The number of aliphatic hydroxyl groups excluding tert-OH is 1. The second kappa shape index (κ2) is 6.38. The van der Waals surface area contributed by atoms with E-state index in [2.05, 4.69) is 24.1 Å². The Labute approximate surface area is 87.5 Å². The molecule has 0 aromatic rings.